The lowest BCUT2D eigenvalue weighted by Crippen LogP contribution is -2.27. The van der Waals surface area contributed by atoms with Gasteiger partial charge in [0.05, 0.1) is 6.10 Å². The molecule has 2 aromatic carbocycles. The highest BCUT2D eigenvalue weighted by molar-refractivity contribution is 5.38. The second-order valence-corrected chi connectivity index (χ2v) is 6.23. The number of hydrogen-bond donors (Lipinski definition) is 1. The normalized spacial score (nSPS) is 13.2. The van der Waals surface area contributed by atoms with Crippen LogP contribution in [0, 0.1) is 0 Å². The van der Waals surface area contributed by atoms with Crippen molar-refractivity contribution < 1.29 is 5.11 Å². The van der Waals surface area contributed by atoms with Gasteiger partial charge in [-0.1, -0.05) is 76.2 Å². The highest BCUT2D eigenvalue weighted by Crippen LogP contribution is 2.38. The largest absolute Gasteiger partial charge is 0.387 e. The Morgan fingerprint density at radius 2 is 1.62 bits per heavy atom. The number of aryl methyl sites for hydroxylation is 2. The minimum absolute atomic E-state index is 0.308. The first-order valence-electron chi connectivity index (χ1n) is 7.86. The maximum Gasteiger partial charge on any atom is 0.0883 e. The second kappa shape index (κ2) is 6.44. The van der Waals surface area contributed by atoms with Crippen LogP contribution in [0.2, 0.25) is 0 Å². The molecular formula is C20H26O. The third-order valence-electron chi connectivity index (χ3n) is 4.50. The van der Waals surface area contributed by atoms with Gasteiger partial charge in [-0.05, 0) is 35.1 Å². The molecule has 0 aliphatic heterocycles. The summed E-state index contributed by atoms with van der Waals surface area (Å²) in [6.45, 7) is 8.53. The molecule has 0 aliphatic carbocycles. The number of aliphatic hydroxyl groups excluding tert-OH is 1. The van der Waals surface area contributed by atoms with Crippen molar-refractivity contribution in [1.29, 1.82) is 0 Å². The van der Waals surface area contributed by atoms with Crippen LogP contribution in [0.3, 0.4) is 0 Å². The maximum absolute atomic E-state index is 11.0. The van der Waals surface area contributed by atoms with Crippen LogP contribution in [0.15, 0.2) is 48.5 Å². The molecule has 0 amide bonds. The van der Waals surface area contributed by atoms with Gasteiger partial charge < -0.3 is 5.11 Å². The Hall–Kier alpha value is -1.60. The molecule has 0 radical (unpaired) electrons. The van der Waals surface area contributed by atoms with Crippen LogP contribution in [0.4, 0.5) is 0 Å². The Morgan fingerprint density at radius 3 is 2.19 bits per heavy atom. The van der Waals surface area contributed by atoms with Crippen molar-refractivity contribution in [2.75, 3.05) is 0 Å². The molecule has 0 aromatic heterocycles. The van der Waals surface area contributed by atoms with E-state index >= 15 is 0 Å². The van der Waals surface area contributed by atoms with Crippen molar-refractivity contribution in [1.82, 2.24) is 0 Å². The number of rotatable bonds is 5. The summed E-state index contributed by atoms with van der Waals surface area (Å²) in [7, 11) is 0. The molecule has 0 bridgehead atoms. The van der Waals surface area contributed by atoms with E-state index in [9.17, 15) is 5.11 Å². The molecule has 0 aliphatic rings. The van der Waals surface area contributed by atoms with E-state index in [1.54, 1.807) is 0 Å². The van der Waals surface area contributed by atoms with Gasteiger partial charge in [-0.3, -0.25) is 0 Å². The maximum atomic E-state index is 11.0. The predicted octanol–water partition coefficient (Wildman–Crippen LogP) is 4.82. The summed E-state index contributed by atoms with van der Waals surface area (Å²) >= 11 is 0. The molecule has 0 saturated carbocycles. The molecule has 1 nitrogen and oxygen atoms in total. The van der Waals surface area contributed by atoms with Crippen LogP contribution in [-0.4, -0.2) is 5.11 Å². The molecule has 0 spiro atoms. The van der Waals surface area contributed by atoms with Gasteiger partial charge >= 0.3 is 0 Å². The van der Waals surface area contributed by atoms with E-state index in [2.05, 4.69) is 58.0 Å². The van der Waals surface area contributed by atoms with E-state index in [0.717, 1.165) is 18.4 Å². The fraction of sp³-hybridized carbons (Fsp3) is 0.400. The van der Waals surface area contributed by atoms with Gasteiger partial charge in [-0.25, -0.2) is 0 Å². The van der Waals surface area contributed by atoms with Crippen LogP contribution in [-0.2, 0) is 18.3 Å². The fourth-order valence-corrected chi connectivity index (χ4v) is 2.86. The molecule has 1 unspecified atom stereocenters. The molecule has 1 heteroatoms. The highest BCUT2D eigenvalue weighted by Gasteiger charge is 2.32. The Balaban J connectivity index is 2.45. The summed E-state index contributed by atoms with van der Waals surface area (Å²) < 4.78 is 0. The van der Waals surface area contributed by atoms with Crippen LogP contribution in [0.5, 0.6) is 0 Å². The zero-order valence-electron chi connectivity index (χ0n) is 13.6. The summed E-state index contributed by atoms with van der Waals surface area (Å²) in [5.74, 6) is 0. The van der Waals surface area contributed by atoms with E-state index in [-0.39, 0.29) is 5.41 Å². The lowest BCUT2D eigenvalue weighted by molar-refractivity contribution is 0.0993. The summed E-state index contributed by atoms with van der Waals surface area (Å²) in [6, 6.07) is 16.8. The summed E-state index contributed by atoms with van der Waals surface area (Å²) in [4.78, 5) is 0. The molecular weight excluding hydrogens is 256 g/mol. The summed E-state index contributed by atoms with van der Waals surface area (Å²) in [5, 5.41) is 11.0. The van der Waals surface area contributed by atoms with Crippen molar-refractivity contribution in [3.63, 3.8) is 0 Å². The first kappa shape index (κ1) is 15.8. The first-order valence-corrected chi connectivity index (χ1v) is 7.86. The smallest absolute Gasteiger partial charge is 0.0883 e. The minimum Gasteiger partial charge on any atom is -0.387 e. The van der Waals surface area contributed by atoms with Crippen molar-refractivity contribution in [3.05, 3.63) is 70.8 Å². The molecule has 0 fully saturated rings. The van der Waals surface area contributed by atoms with Gasteiger partial charge in [-0.15, -0.1) is 0 Å². The molecule has 0 heterocycles. The molecule has 112 valence electrons. The summed E-state index contributed by atoms with van der Waals surface area (Å²) in [5.41, 5.74) is 4.46. The first-order chi connectivity index (χ1) is 10.0. The van der Waals surface area contributed by atoms with E-state index in [1.165, 1.54) is 16.7 Å². The SMILES string of the molecule is CCc1ccc(CC)c(C(O)C(C)(C)c2ccccc2)c1. The van der Waals surface area contributed by atoms with Crippen molar-refractivity contribution in [2.45, 2.75) is 52.1 Å². The second-order valence-electron chi connectivity index (χ2n) is 6.23. The monoisotopic (exact) mass is 282 g/mol. The zero-order chi connectivity index (χ0) is 15.5. The minimum atomic E-state index is -0.499. The molecule has 21 heavy (non-hydrogen) atoms. The van der Waals surface area contributed by atoms with E-state index < -0.39 is 6.10 Å². The van der Waals surface area contributed by atoms with Crippen molar-refractivity contribution >= 4 is 0 Å². The highest BCUT2D eigenvalue weighted by atomic mass is 16.3. The van der Waals surface area contributed by atoms with Crippen molar-refractivity contribution in [3.8, 4) is 0 Å². The molecule has 1 atom stereocenters. The van der Waals surface area contributed by atoms with E-state index in [0.29, 0.717) is 0 Å². The van der Waals surface area contributed by atoms with Crippen LogP contribution >= 0.6 is 0 Å². The van der Waals surface area contributed by atoms with E-state index in [1.807, 2.05) is 18.2 Å². The third-order valence-corrected chi connectivity index (χ3v) is 4.50. The van der Waals surface area contributed by atoms with Gasteiger partial charge in [0, 0.05) is 5.41 Å². The van der Waals surface area contributed by atoms with Crippen LogP contribution < -0.4 is 0 Å². The molecule has 2 aromatic rings. The van der Waals surface area contributed by atoms with Crippen LogP contribution in [0.1, 0.15) is 56.1 Å². The topological polar surface area (TPSA) is 20.2 Å². The Kier molecular flexibility index (Phi) is 4.84. The van der Waals surface area contributed by atoms with Gasteiger partial charge in [0.15, 0.2) is 0 Å². The molecule has 0 saturated heterocycles. The number of hydrogen-bond acceptors (Lipinski definition) is 1. The van der Waals surface area contributed by atoms with Crippen LogP contribution in [0.25, 0.3) is 0 Å². The fourth-order valence-electron chi connectivity index (χ4n) is 2.86. The molecule has 1 N–H and O–H groups in total. The lowest BCUT2D eigenvalue weighted by Gasteiger charge is -2.33. The average Bonchev–Trinajstić information content (AvgIpc) is 2.54. The number of benzene rings is 2. The van der Waals surface area contributed by atoms with Crippen molar-refractivity contribution in [2.24, 2.45) is 0 Å². The Bertz CT molecular complexity index is 584. The quantitative estimate of drug-likeness (QED) is 0.833. The van der Waals surface area contributed by atoms with Gasteiger partial charge in [0.25, 0.3) is 0 Å². The Morgan fingerprint density at radius 1 is 0.952 bits per heavy atom. The lowest BCUT2D eigenvalue weighted by atomic mass is 9.75. The number of aliphatic hydroxyl groups is 1. The summed E-state index contributed by atoms with van der Waals surface area (Å²) in [6.07, 6.45) is 1.44. The molecule has 2 rings (SSSR count). The van der Waals surface area contributed by atoms with E-state index in [4.69, 9.17) is 0 Å². The predicted molar refractivity (Wildman–Crippen MR) is 89.6 cm³/mol. The van der Waals surface area contributed by atoms with Gasteiger partial charge in [0.2, 0.25) is 0 Å². The zero-order valence-corrected chi connectivity index (χ0v) is 13.6. The average molecular weight is 282 g/mol. The van der Waals surface area contributed by atoms with Gasteiger partial charge in [-0.2, -0.15) is 0 Å². The standard InChI is InChI=1S/C20H26O/c1-5-15-12-13-16(6-2)18(14-15)19(21)20(3,4)17-10-8-7-9-11-17/h7-14,19,21H,5-6H2,1-4H3. The Labute approximate surface area is 128 Å². The third kappa shape index (κ3) is 3.19. The van der Waals surface area contributed by atoms with Gasteiger partial charge in [0.1, 0.15) is 0 Å².